The summed E-state index contributed by atoms with van der Waals surface area (Å²) in [4.78, 5) is 49.2. The molecule has 1 saturated heterocycles. The zero-order chi connectivity index (χ0) is 22.0. The van der Waals surface area contributed by atoms with Crippen LogP contribution in [0.4, 0.5) is 11.4 Å². The van der Waals surface area contributed by atoms with Gasteiger partial charge in [-0.1, -0.05) is 24.3 Å². The first-order valence-corrected chi connectivity index (χ1v) is 9.50. The number of ether oxygens (including phenoxy) is 1. The maximum Gasteiger partial charge on any atom is 0.311 e. The number of carbonyl (C=O) groups excluding carboxylic acids is 3. The number of ketones is 1. The number of nitro groups is 1. The number of rotatable bonds is 6. The van der Waals surface area contributed by atoms with Crippen molar-refractivity contribution in [1.82, 2.24) is 0 Å². The lowest BCUT2D eigenvalue weighted by Gasteiger charge is -2.20. The molecule has 1 aliphatic heterocycles. The topological polar surface area (TPSA) is 107 Å². The molecule has 0 bridgehead atoms. The summed E-state index contributed by atoms with van der Waals surface area (Å²) >= 11 is 0. The molecule has 8 nitrogen and oxygen atoms in total. The molecule has 0 aliphatic carbocycles. The van der Waals surface area contributed by atoms with Crippen molar-refractivity contribution in [2.45, 2.75) is 27.2 Å². The third-order valence-corrected chi connectivity index (χ3v) is 5.40. The van der Waals surface area contributed by atoms with E-state index in [1.54, 1.807) is 11.8 Å². The number of hydrogen-bond acceptors (Lipinski definition) is 6. The van der Waals surface area contributed by atoms with Gasteiger partial charge in [-0.3, -0.25) is 24.5 Å². The molecule has 0 unspecified atom stereocenters. The van der Waals surface area contributed by atoms with Crippen molar-refractivity contribution in [2.75, 3.05) is 18.1 Å². The average molecular weight is 410 g/mol. The van der Waals surface area contributed by atoms with Crippen LogP contribution in [0.1, 0.15) is 33.5 Å². The minimum absolute atomic E-state index is 0.0103. The number of benzene rings is 2. The Balaban J connectivity index is 1.64. The van der Waals surface area contributed by atoms with E-state index in [0.29, 0.717) is 5.56 Å². The predicted octanol–water partition coefficient (Wildman–Crippen LogP) is 3.30. The molecule has 1 fully saturated rings. The van der Waals surface area contributed by atoms with Gasteiger partial charge in [0.25, 0.3) is 5.69 Å². The molecule has 8 heteroatoms. The second-order valence-electron chi connectivity index (χ2n) is 7.41. The Hall–Kier alpha value is -3.55. The molecule has 30 heavy (non-hydrogen) atoms. The highest BCUT2D eigenvalue weighted by molar-refractivity contribution is 6.01. The van der Waals surface area contributed by atoms with Gasteiger partial charge in [0.2, 0.25) is 11.7 Å². The number of aryl methyl sites for hydroxylation is 2. The maximum absolute atomic E-state index is 12.4. The molecule has 1 aliphatic rings. The minimum atomic E-state index is -0.669. The first-order chi connectivity index (χ1) is 14.2. The van der Waals surface area contributed by atoms with E-state index in [-0.39, 0.29) is 30.1 Å². The lowest BCUT2D eigenvalue weighted by molar-refractivity contribution is -0.385. The van der Waals surface area contributed by atoms with Crippen LogP contribution >= 0.6 is 0 Å². The van der Waals surface area contributed by atoms with Gasteiger partial charge in [-0.05, 0) is 38.0 Å². The van der Waals surface area contributed by atoms with Gasteiger partial charge in [-0.2, -0.15) is 0 Å². The summed E-state index contributed by atoms with van der Waals surface area (Å²) in [6.07, 6.45) is 0.0103. The second-order valence-corrected chi connectivity index (χ2v) is 7.41. The van der Waals surface area contributed by atoms with Gasteiger partial charge < -0.3 is 9.64 Å². The van der Waals surface area contributed by atoms with Crippen LogP contribution < -0.4 is 4.90 Å². The molecule has 2 aromatic carbocycles. The van der Waals surface area contributed by atoms with Crippen LogP contribution in [0, 0.1) is 36.8 Å². The van der Waals surface area contributed by atoms with Gasteiger partial charge in [0.05, 0.1) is 10.8 Å². The normalized spacial score (nSPS) is 15.9. The molecule has 3 rings (SSSR count). The lowest BCUT2D eigenvalue weighted by Crippen LogP contribution is -2.27. The standard InChI is InChI=1S/C22H22N2O6/c1-13-5-4-6-18(15(13)3)23-11-17(10-21(23)26)22(27)30-12-20(25)16-8-7-14(2)19(9-16)24(28)29/h4-9,17H,10-12H2,1-3H3/t17-/m1/s1. The van der Waals surface area contributed by atoms with Crippen LogP contribution in [-0.4, -0.2) is 35.7 Å². The second kappa shape index (κ2) is 8.44. The van der Waals surface area contributed by atoms with Crippen LogP contribution in [0.15, 0.2) is 36.4 Å². The van der Waals surface area contributed by atoms with Gasteiger partial charge in [-0.25, -0.2) is 0 Å². The Morgan fingerprint density at radius 1 is 1.17 bits per heavy atom. The van der Waals surface area contributed by atoms with Gasteiger partial charge >= 0.3 is 5.97 Å². The molecule has 2 aromatic rings. The fourth-order valence-corrected chi connectivity index (χ4v) is 3.44. The van der Waals surface area contributed by atoms with E-state index in [9.17, 15) is 24.5 Å². The third-order valence-electron chi connectivity index (χ3n) is 5.40. The zero-order valence-electron chi connectivity index (χ0n) is 17.0. The molecule has 1 heterocycles. The summed E-state index contributed by atoms with van der Waals surface area (Å²) in [5.74, 6) is -2.02. The van der Waals surface area contributed by atoms with Gasteiger partial charge in [0, 0.05) is 35.8 Å². The van der Waals surface area contributed by atoms with Crippen molar-refractivity contribution in [1.29, 1.82) is 0 Å². The highest BCUT2D eigenvalue weighted by atomic mass is 16.6. The number of anilines is 1. The van der Waals surface area contributed by atoms with Crippen molar-refractivity contribution in [2.24, 2.45) is 5.92 Å². The number of hydrogen-bond donors (Lipinski definition) is 0. The number of amides is 1. The summed E-state index contributed by atoms with van der Waals surface area (Å²) in [5, 5.41) is 11.0. The smallest absolute Gasteiger partial charge is 0.311 e. The van der Waals surface area contributed by atoms with Crippen LogP contribution in [0.5, 0.6) is 0 Å². The minimum Gasteiger partial charge on any atom is -0.457 e. The summed E-state index contributed by atoms with van der Waals surface area (Å²) in [6.45, 7) is 5.10. The Kier molecular flexibility index (Phi) is 5.96. The highest BCUT2D eigenvalue weighted by Crippen LogP contribution is 2.30. The predicted molar refractivity (Wildman–Crippen MR) is 109 cm³/mol. The van der Waals surface area contributed by atoms with Crippen molar-refractivity contribution in [3.63, 3.8) is 0 Å². The fraction of sp³-hybridized carbons (Fsp3) is 0.318. The Labute approximate surface area is 173 Å². The summed E-state index contributed by atoms with van der Waals surface area (Å²) in [5.41, 5.74) is 3.14. The molecule has 156 valence electrons. The summed E-state index contributed by atoms with van der Waals surface area (Å²) < 4.78 is 5.12. The number of nitro benzene ring substituents is 1. The fourth-order valence-electron chi connectivity index (χ4n) is 3.44. The maximum atomic E-state index is 12.4. The van der Waals surface area contributed by atoms with E-state index in [1.807, 2.05) is 32.0 Å². The molecular formula is C22H22N2O6. The van der Waals surface area contributed by atoms with E-state index >= 15 is 0 Å². The van der Waals surface area contributed by atoms with Crippen molar-refractivity contribution >= 4 is 29.0 Å². The van der Waals surface area contributed by atoms with E-state index in [0.717, 1.165) is 16.8 Å². The zero-order valence-corrected chi connectivity index (χ0v) is 17.0. The number of nitrogens with zero attached hydrogens (tertiary/aromatic N) is 2. The van der Waals surface area contributed by atoms with Gasteiger partial charge in [0.15, 0.2) is 6.61 Å². The first kappa shape index (κ1) is 21.2. The van der Waals surface area contributed by atoms with Crippen molar-refractivity contribution in [3.8, 4) is 0 Å². The molecule has 0 saturated carbocycles. The van der Waals surface area contributed by atoms with Crippen molar-refractivity contribution in [3.05, 3.63) is 68.8 Å². The molecule has 1 atom stereocenters. The van der Waals surface area contributed by atoms with Crippen LogP contribution in [0.2, 0.25) is 0 Å². The number of carbonyl (C=O) groups is 3. The highest BCUT2D eigenvalue weighted by Gasteiger charge is 2.37. The third kappa shape index (κ3) is 4.22. The molecule has 0 spiro atoms. The van der Waals surface area contributed by atoms with E-state index in [2.05, 4.69) is 0 Å². The van der Waals surface area contributed by atoms with Gasteiger partial charge in [0.1, 0.15) is 0 Å². The Bertz CT molecular complexity index is 1050. The average Bonchev–Trinajstić information content (AvgIpc) is 3.09. The molecule has 0 aromatic heterocycles. The van der Waals surface area contributed by atoms with E-state index < -0.39 is 29.2 Å². The van der Waals surface area contributed by atoms with Crippen LogP contribution in [0.25, 0.3) is 0 Å². The lowest BCUT2D eigenvalue weighted by atomic mass is 10.1. The van der Waals surface area contributed by atoms with Gasteiger partial charge in [-0.15, -0.1) is 0 Å². The number of esters is 1. The number of Topliss-reactive ketones (excluding diaryl/α,β-unsaturated/α-hetero) is 1. The van der Waals surface area contributed by atoms with Crippen LogP contribution in [0.3, 0.4) is 0 Å². The molecular weight excluding hydrogens is 388 g/mol. The summed E-state index contributed by atoms with van der Waals surface area (Å²) in [6, 6.07) is 9.75. The largest absolute Gasteiger partial charge is 0.457 e. The summed E-state index contributed by atoms with van der Waals surface area (Å²) in [7, 11) is 0. The quantitative estimate of drug-likeness (QED) is 0.313. The molecule has 1 amide bonds. The first-order valence-electron chi connectivity index (χ1n) is 9.50. The Morgan fingerprint density at radius 2 is 1.90 bits per heavy atom. The molecule has 0 N–H and O–H groups in total. The van der Waals surface area contributed by atoms with E-state index in [4.69, 9.17) is 4.74 Å². The van der Waals surface area contributed by atoms with E-state index in [1.165, 1.54) is 18.2 Å². The van der Waals surface area contributed by atoms with Crippen LogP contribution in [-0.2, 0) is 14.3 Å². The molecule has 0 radical (unpaired) electrons. The SMILES string of the molecule is Cc1ccc(C(=O)COC(=O)[C@@H]2CC(=O)N(c3cccc(C)c3C)C2)cc1[N+](=O)[O-]. The monoisotopic (exact) mass is 410 g/mol. The van der Waals surface area contributed by atoms with Crippen molar-refractivity contribution < 1.29 is 24.0 Å². The Morgan fingerprint density at radius 3 is 2.60 bits per heavy atom.